The summed E-state index contributed by atoms with van der Waals surface area (Å²) in [6.07, 6.45) is 2.12. The van der Waals surface area contributed by atoms with Crippen molar-refractivity contribution in [1.82, 2.24) is 5.32 Å². The van der Waals surface area contributed by atoms with E-state index in [0.717, 1.165) is 19.4 Å². The normalized spacial score (nSPS) is 14.4. The fraction of sp³-hybridized carbons (Fsp3) is 0.571. The van der Waals surface area contributed by atoms with Crippen LogP contribution in [0.15, 0.2) is 24.3 Å². The van der Waals surface area contributed by atoms with Gasteiger partial charge in [-0.3, -0.25) is 0 Å². The largest absolute Gasteiger partial charge is 0.491 e. The molecule has 2 atom stereocenters. The zero-order valence-electron chi connectivity index (χ0n) is 10.9. The second kappa shape index (κ2) is 7.28. The second-order valence-corrected chi connectivity index (χ2v) is 4.48. The molecule has 0 aromatic heterocycles. The summed E-state index contributed by atoms with van der Waals surface area (Å²) in [6.45, 7) is 7.32. The quantitative estimate of drug-likeness (QED) is 0.787. The Bertz CT molecular complexity index is 330. The minimum Gasteiger partial charge on any atom is -0.491 e. The van der Waals surface area contributed by atoms with Gasteiger partial charge < -0.3 is 10.1 Å². The van der Waals surface area contributed by atoms with Crippen molar-refractivity contribution >= 4 is 0 Å². The summed E-state index contributed by atoms with van der Waals surface area (Å²) < 4.78 is 18.6. The van der Waals surface area contributed by atoms with E-state index in [1.807, 2.05) is 6.92 Å². The maximum absolute atomic E-state index is 13.0. The molecule has 17 heavy (non-hydrogen) atoms. The Labute approximate surface area is 103 Å². The molecule has 2 unspecified atom stereocenters. The van der Waals surface area contributed by atoms with E-state index in [-0.39, 0.29) is 11.9 Å². The Morgan fingerprint density at radius 2 is 2.12 bits per heavy atom. The summed E-state index contributed by atoms with van der Waals surface area (Å²) in [6, 6.07) is 6.70. The van der Waals surface area contributed by atoms with Crippen LogP contribution in [0.2, 0.25) is 0 Å². The van der Waals surface area contributed by atoms with Gasteiger partial charge >= 0.3 is 0 Å². The van der Waals surface area contributed by atoms with Gasteiger partial charge in [0.25, 0.3) is 0 Å². The highest BCUT2D eigenvalue weighted by molar-refractivity contribution is 5.22. The van der Waals surface area contributed by atoms with Crippen LogP contribution in [0, 0.1) is 5.82 Å². The molecule has 0 aliphatic carbocycles. The molecule has 0 heterocycles. The molecule has 1 aromatic rings. The number of nitrogens with one attached hydrogen (secondary N) is 1. The lowest BCUT2D eigenvalue weighted by atomic mass is 10.1. The first kappa shape index (κ1) is 14.0. The predicted molar refractivity (Wildman–Crippen MR) is 68.9 cm³/mol. The lowest BCUT2D eigenvalue weighted by Crippen LogP contribution is -2.31. The number of rotatable bonds is 7. The van der Waals surface area contributed by atoms with Crippen molar-refractivity contribution in [1.29, 1.82) is 0 Å². The van der Waals surface area contributed by atoms with Crippen LogP contribution >= 0.6 is 0 Å². The molecule has 0 saturated carbocycles. The highest BCUT2D eigenvalue weighted by Gasteiger charge is 2.09. The zero-order valence-corrected chi connectivity index (χ0v) is 10.9. The first-order valence-corrected chi connectivity index (χ1v) is 6.27. The lowest BCUT2D eigenvalue weighted by molar-refractivity contribution is 0.195. The van der Waals surface area contributed by atoms with Gasteiger partial charge in [0.2, 0.25) is 0 Å². The van der Waals surface area contributed by atoms with Crippen LogP contribution in [0.4, 0.5) is 4.39 Å². The maximum atomic E-state index is 13.0. The van der Waals surface area contributed by atoms with Crippen molar-refractivity contribution < 1.29 is 9.13 Å². The van der Waals surface area contributed by atoms with Crippen molar-refractivity contribution in [3.05, 3.63) is 30.1 Å². The first-order chi connectivity index (χ1) is 8.11. The molecule has 0 aliphatic heterocycles. The van der Waals surface area contributed by atoms with Crippen molar-refractivity contribution in [2.24, 2.45) is 0 Å². The number of benzene rings is 1. The van der Waals surface area contributed by atoms with Gasteiger partial charge in [0.15, 0.2) is 0 Å². The van der Waals surface area contributed by atoms with Crippen molar-refractivity contribution in [3.8, 4) is 5.75 Å². The molecule has 0 aliphatic rings. The van der Waals surface area contributed by atoms with Gasteiger partial charge in [0.1, 0.15) is 11.6 Å². The number of hydrogen-bond donors (Lipinski definition) is 1. The smallest absolute Gasteiger partial charge is 0.126 e. The van der Waals surface area contributed by atoms with Gasteiger partial charge in [0.05, 0.1) is 6.10 Å². The fourth-order valence-electron chi connectivity index (χ4n) is 1.79. The summed E-state index contributed by atoms with van der Waals surface area (Å²) >= 11 is 0. The van der Waals surface area contributed by atoms with Gasteiger partial charge in [-0.2, -0.15) is 0 Å². The van der Waals surface area contributed by atoms with E-state index in [9.17, 15) is 4.39 Å². The van der Waals surface area contributed by atoms with Gasteiger partial charge in [0, 0.05) is 12.1 Å². The Hall–Kier alpha value is -1.09. The van der Waals surface area contributed by atoms with E-state index >= 15 is 0 Å². The Kier molecular flexibility index (Phi) is 5.98. The van der Waals surface area contributed by atoms with Gasteiger partial charge in [-0.05, 0) is 45.4 Å². The van der Waals surface area contributed by atoms with Crippen LogP contribution in [-0.2, 0) is 0 Å². The third-order valence-corrected chi connectivity index (χ3v) is 2.56. The first-order valence-electron chi connectivity index (χ1n) is 6.27. The summed E-state index contributed by atoms with van der Waals surface area (Å²) in [4.78, 5) is 0. The third-order valence-electron chi connectivity index (χ3n) is 2.56. The molecule has 1 rings (SSSR count). The fourth-order valence-corrected chi connectivity index (χ4v) is 1.79. The van der Waals surface area contributed by atoms with Crippen molar-refractivity contribution in [3.63, 3.8) is 0 Å². The second-order valence-electron chi connectivity index (χ2n) is 4.48. The van der Waals surface area contributed by atoms with E-state index in [2.05, 4.69) is 19.2 Å². The minimum atomic E-state index is -0.258. The molecule has 96 valence electrons. The molecule has 0 bridgehead atoms. The number of halogens is 1. The summed E-state index contributed by atoms with van der Waals surface area (Å²) in [5, 5.41) is 3.41. The molecule has 0 amide bonds. The van der Waals surface area contributed by atoms with E-state index in [1.54, 1.807) is 12.1 Å². The van der Waals surface area contributed by atoms with Crippen LogP contribution in [0.25, 0.3) is 0 Å². The SMILES string of the molecule is CCCNC(C)CC(C)Oc1cccc(F)c1. The molecule has 0 radical (unpaired) electrons. The molecule has 1 N–H and O–H groups in total. The number of ether oxygens (including phenoxy) is 1. The third kappa shape index (κ3) is 5.68. The summed E-state index contributed by atoms with van der Waals surface area (Å²) in [5.74, 6) is 0.340. The molecular formula is C14H22FNO. The maximum Gasteiger partial charge on any atom is 0.126 e. The molecule has 3 heteroatoms. The van der Waals surface area contributed by atoms with Crippen LogP contribution in [0.5, 0.6) is 5.75 Å². The van der Waals surface area contributed by atoms with Gasteiger partial charge in [-0.1, -0.05) is 13.0 Å². The molecule has 0 saturated heterocycles. The average Bonchev–Trinajstić information content (AvgIpc) is 2.26. The van der Waals surface area contributed by atoms with E-state index in [1.165, 1.54) is 12.1 Å². The van der Waals surface area contributed by atoms with Gasteiger partial charge in [-0.25, -0.2) is 4.39 Å². The van der Waals surface area contributed by atoms with Crippen LogP contribution in [-0.4, -0.2) is 18.7 Å². The zero-order chi connectivity index (χ0) is 12.7. The van der Waals surface area contributed by atoms with Crippen molar-refractivity contribution in [2.75, 3.05) is 6.54 Å². The Balaban J connectivity index is 2.36. The van der Waals surface area contributed by atoms with E-state index in [4.69, 9.17) is 4.74 Å². The standard InChI is InChI=1S/C14H22FNO/c1-4-8-16-11(2)9-12(3)17-14-7-5-6-13(15)10-14/h5-7,10-12,16H,4,8-9H2,1-3H3. The predicted octanol–water partition coefficient (Wildman–Crippen LogP) is 3.37. The molecule has 0 spiro atoms. The van der Waals surface area contributed by atoms with Crippen LogP contribution in [0.3, 0.4) is 0 Å². The molecule has 0 fully saturated rings. The summed E-state index contributed by atoms with van der Waals surface area (Å²) in [7, 11) is 0. The van der Waals surface area contributed by atoms with Crippen LogP contribution in [0.1, 0.15) is 33.6 Å². The topological polar surface area (TPSA) is 21.3 Å². The lowest BCUT2D eigenvalue weighted by Gasteiger charge is -2.19. The average molecular weight is 239 g/mol. The Morgan fingerprint density at radius 3 is 2.76 bits per heavy atom. The highest BCUT2D eigenvalue weighted by Crippen LogP contribution is 2.15. The van der Waals surface area contributed by atoms with Crippen LogP contribution < -0.4 is 10.1 Å². The summed E-state index contributed by atoms with van der Waals surface area (Å²) in [5.41, 5.74) is 0. The highest BCUT2D eigenvalue weighted by atomic mass is 19.1. The molecular weight excluding hydrogens is 217 g/mol. The number of hydrogen-bond acceptors (Lipinski definition) is 2. The molecule has 2 nitrogen and oxygen atoms in total. The van der Waals surface area contributed by atoms with Gasteiger partial charge in [-0.15, -0.1) is 0 Å². The van der Waals surface area contributed by atoms with Crippen molar-refractivity contribution in [2.45, 2.75) is 45.8 Å². The molecule has 1 aromatic carbocycles. The minimum absolute atomic E-state index is 0.0798. The monoisotopic (exact) mass is 239 g/mol. The van der Waals surface area contributed by atoms with E-state index < -0.39 is 0 Å². The Morgan fingerprint density at radius 1 is 1.35 bits per heavy atom. The van der Waals surface area contributed by atoms with E-state index in [0.29, 0.717) is 11.8 Å².